The van der Waals surface area contributed by atoms with E-state index in [0.717, 1.165) is 49.5 Å². The number of H-pyrrole nitrogens is 1. The average molecular weight is 448 g/mol. The molecule has 5 rings (SSSR count). The van der Waals surface area contributed by atoms with Crippen LogP contribution < -0.4 is 10.6 Å². The minimum absolute atomic E-state index is 0.0955. The molecule has 0 atom stereocenters. The lowest BCUT2D eigenvalue weighted by Crippen LogP contribution is -2.22. The second kappa shape index (κ2) is 8.05. The highest BCUT2D eigenvalue weighted by Crippen LogP contribution is 2.32. The van der Waals surface area contributed by atoms with Crippen LogP contribution in [0.25, 0.3) is 32.2 Å². The molecule has 0 unspecified atom stereocenters. The third-order valence-corrected chi connectivity index (χ3v) is 6.33. The largest absolute Gasteiger partial charge is 0.365 e. The van der Waals surface area contributed by atoms with Gasteiger partial charge in [-0.15, -0.1) is 0 Å². The standard InChI is InChI=1S/C24H18F2N4OS/c1-27-24-30-21-7-4-15(10-22(21)32-24)14-3-6-20-16(9-14)17(12-28-20)23(31)29-11-13-2-5-18(25)19(26)8-13/h2-10,12,28H,11H2,1H3,(H,27,30)(H,29,31). The highest BCUT2D eigenvalue weighted by atomic mass is 32.1. The van der Waals surface area contributed by atoms with Gasteiger partial charge in [-0.2, -0.15) is 0 Å². The summed E-state index contributed by atoms with van der Waals surface area (Å²) in [7, 11) is 1.84. The number of fused-ring (bicyclic) bond motifs is 2. The zero-order chi connectivity index (χ0) is 22.2. The van der Waals surface area contributed by atoms with E-state index in [1.807, 2.05) is 37.4 Å². The Bertz CT molecular complexity index is 1470. The Morgan fingerprint density at radius 2 is 1.84 bits per heavy atom. The molecule has 1 amide bonds. The van der Waals surface area contributed by atoms with Crippen molar-refractivity contribution in [3.05, 3.63) is 83.6 Å². The number of hydrogen-bond acceptors (Lipinski definition) is 4. The number of thiazole rings is 1. The predicted octanol–water partition coefficient (Wildman–Crippen LogP) is 5.69. The summed E-state index contributed by atoms with van der Waals surface area (Å²) in [5.41, 5.74) is 4.75. The normalized spacial score (nSPS) is 11.2. The molecular formula is C24H18F2N4OS. The van der Waals surface area contributed by atoms with Crippen LogP contribution in [0.2, 0.25) is 0 Å². The number of aromatic amines is 1. The van der Waals surface area contributed by atoms with Crippen molar-refractivity contribution >= 4 is 43.5 Å². The van der Waals surface area contributed by atoms with E-state index >= 15 is 0 Å². The molecule has 5 aromatic rings. The van der Waals surface area contributed by atoms with Gasteiger partial charge in [0.15, 0.2) is 16.8 Å². The summed E-state index contributed by atoms with van der Waals surface area (Å²) in [5, 5.41) is 7.48. The van der Waals surface area contributed by atoms with E-state index in [0.29, 0.717) is 11.1 Å². The maximum Gasteiger partial charge on any atom is 0.253 e. The Morgan fingerprint density at radius 3 is 2.66 bits per heavy atom. The first-order chi connectivity index (χ1) is 15.5. The van der Waals surface area contributed by atoms with E-state index in [1.165, 1.54) is 6.07 Å². The number of amides is 1. The Labute approximate surface area is 186 Å². The lowest BCUT2D eigenvalue weighted by atomic mass is 10.0. The highest BCUT2D eigenvalue weighted by molar-refractivity contribution is 7.22. The molecule has 3 aromatic carbocycles. The number of aromatic nitrogens is 2. The first kappa shape index (κ1) is 20.1. The number of carbonyl (C=O) groups is 1. The van der Waals surface area contributed by atoms with E-state index in [4.69, 9.17) is 0 Å². The predicted molar refractivity (Wildman–Crippen MR) is 124 cm³/mol. The molecule has 160 valence electrons. The van der Waals surface area contributed by atoms with E-state index in [2.05, 4.69) is 26.7 Å². The molecule has 0 radical (unpaired) electrons. The van der Waals surface area contributed by atoms with Crippen molar-refractivity contribution in [2.45, 2.75) is 6.54 Å². The van der Waals surface area contributed by atoms with Crippen molar-refractivity contribution in [3.63, 3.8) is 0 Å². The van der Waals surface area contributed by atoms with Crippen LogP contribution in [0.15, 0.2) is 60.8 Å². The number of benzene rings is 3. The Morgan fingerprint density at radius 1 is 1.03 bits per heavy atom. The molecule has 0 aliphatic carbocycles. The van der Waals surface area contributed by atoms with E-state index < -0.39 is 11.6 Å². The van der Waals surface area contributed by atoms with Gasteiger partial charge in [0.05, 0.1) is 15.8 Å². The van der Waals surface area contributed by atoms with Crippen LogP contribution in [0.1, 0.15) is 15.9 Å². The first-order valence-corrected chi connectivity index (χ1v) is 10.8. The fourth-order valence-electron chi connectivity index (χ4n) is 3.63. The van der Waals surface area contributed by atoms with Gasteiger partial charge in [-0.05, 0) is 53.1 Å². The van der Waals surface area contributed by atoms with Gasteiger partial charge in [-0.3, -0.25) is 4.79 Å². The molecule has 0 saturated carbocycles. The van der Waals surface area contributed by atoms with Gasteiger partial charge in [-0.1, -0.05) is 29.5 Å². The Kier molecular flexibility index (Phi) is 5.07. The van der Waals surface area contributed by atoms with E-state index in [-0.39, 0.29) is 12.5 Å². The zero-order valence-electron chi connectivity index (χ0n) is 17.0. The maximum atomic E-state index is 13.4. The van der Waals surface area contributed by atoms with Crippen molar-refractivity contribution in [3.8, 4) is 11.1 Å². The summed E-state index contributed by atoms with van der Waals surface area (Å²) in [6, 6.07) is 15.6. The second-order valence-corrected chi connectivity index (χ2v) is 8.38. The maximum absolute atomic E-state index is 13.4. The van der Waals surface area contributed by atoms with Crippen molar-refractivity contribution in [2.75, 3.05) is 12.4 Å². The fraction of sp³-hybridized carbons (Fsp3) is 0.0833. The van der Waals surface area contributed by atoms with Gasteiger partial charge in [-0.25, -0.2) is 13.8 Å². The third kappa shape index (κ3) is 3.69. The van der Waals surface area contributed by atoms with Crippen LogP contribution in [0, 0.1) is 11.6 Å². The molecule has 0 spiro atoms. The number of nitrogens with one attached hydrogen (secondary N) is 3. The molecule has 32 heavy (non-hydrogen) atoms. The summed E-state index contributed by atoms with van der Waals surface area (Å²) in [4.78, 5) is 20.4. The summed E-state index contributed by atoms with van der Waals surface area (Å²) in [6.07, 6.45) is 1.65. The number of rotatable bonds is 5. The molecule has 2 heterocycles. The van der Waals surface area contributed by atoms with Gasteiger partial charge >= 0.3 is 0 Å². The summed E-state index contributed by atoms with van der Waals surface area (Å²) in [6.45, 7) is 0.0955. The Balaban J connectivity index is 1.43. The number of hydrogen-bond donors (Lipinski definition) is 3. The number of nitrogens with zero attached hydrogens (tertiary/aromatic N) is 1. The first-order valence-electron chi connectivity index (χ1n) is 9.94. The van der Waals surface area contributed by atoms with Crippen LogP contribution >= 0.6 is 11.3 Å². The lowest BCUT2D eigenvalue weighted by Gasteiger charge is -2.06. The molecule has 8 heteroatoms. The van der Waals surface area contributed by atoms with Crippen LogP contribution in [-0.4, -0.2) is 22.9 Å². The molecular weight excluding hydrogens is 430 g/mol. The van der Waals surface area contributed by atoms with Crippen molar-refractivity contribution in [1.82, 2.24) is 15.3 Å². The van der Waals surface area contributed by atoms with Crippen LogP contribution in [0.3, 0.4) is 0 Å². The van der Waals surface area contributed by atoms with Crippen LogP contribution in [-0.2, 0) is 6.54 Å². The van der Waals surface area contributed by atoms with Crippen LogP contribution in [0.5, 0.6) is 0 Å². The summed E-state index contributed by atoms with van der Waals surface area (Å²) < 4.78 is 27.6. The number of carbonyl (C=O) groups excluding carboxylic acids is 1. The van der Waals surface area contributed by atoms with Crippen LogP contribution in [0.4, 0.5) is 13.9 Å². The van der Waals surface area contributed by atoms with Gasteiger partial charge in [0.1, 0.15) is 0 Å². The average Bonchev–Trinajstić information content (AvgIpc) is 3.42. The SMILES string of the molecule is CNc1nc2ccc(-c3ccc4[nH]cc(C(=O)NCc5ccc(F)c(F)c5)c4c3)cc2s1. The monoisotopic (exact) mass is 448 g/mol. The molecule has 0 bridgehead atoms. The van der Waals surface area contributed by atoms with Gasteiger partial charge in [0.2, 0.25) is 0 Å². The zero-order valence-corrected chi connectivity index (χ0v) is 17.8. The number of anilines is 1. The summed E-state index contributed by atoms with van der Waals surface area (Å²) >= 11 is 1.58. The molecule has 2 aromatic heterocycles. The minimum atomic E-state index is -0.937. The van der Waals surface area contributed by atoms with Crippen molar-refractivity contribution < 1.29 is 13.6 Å². The van der Waals surface area contributed by atoms with E-state index in [9.17, 15) is 13.6 Å². The smallest absolute Gasteiger partial charge is 0.253 e. The molecule has 3 N–H and O–H groups in total. The molecule has 0 aliphatic heterocycles. The molecule has 5 nitrogen and oxygen atoms in total. The topological polar surface area (TPSA) is 69.8 Å². The van der Waals surface area contributed by atoms with Gasteiger partial charge in [0.25, 0.3) is 5.91 Å². The lowest BCUT2D eigenvalue weighted by molar-refractivity contribution is 0.0952. The molecule has 0 aliphatic rings. The minimum Gasteiger partial charge on any atom is -0.365 e. The quantitative estimate of drug-likeness (QED) is 0.323. The second-order valence-electron chi connectivity index (χ2n) is 7.35. The fourth-order valence-corrected chi connectivity index (χ4v) is 4.48. The molecule has 0 saturated heterocycles. The number of halogens is 2. The van der Waals surface area contributed by atoms with E-state index in [1.54, 1.807) is 17.5 Å². The van der Waals surface area contributed by atoms with Gasteiger partial charge < -0.3 is 15.6 Å². The third-order valence-electron chi connectivity index (χ3n) is 5.30. The Hall–Kier alpha value is -3.78. The molecule has 0 fully saturated rings. The highest BCUT2D eigenvalue weighted by Gasteiger charge is 2.14. The van der Waals surface area contributed by atoms with Crippen molar-refractivity contribution in [1.29, 1.82) is 0 Å². The van der Waals surface area contributed by atoms with Crippen molar-refractivity contribution in [2.24, 2.45) is 0 Å². The van der Waals surface area contributed by atoms with Gasteiger partial charge in [0, 0.05) is 30.7 Å². The summed E-state index contributed by atoms with van der Waals surface area (Å²) in [5.74, 6) is -2.15.